The largest absolute Gasteiger partial charge is 0.495 e. The third kappa shape index (κ3) is 4.35. The van der Waals surface area contributed by atoms with E-state index in [4.69, 9.17) is 4.74 Å². The van der Waals surface area contributed by atoms with Crippen molar-refractivity contribution < 1.29 is 14.3 Å². The minimum atomic E-state index is -0.179. The van der Waals surface area contributed by atoms with Gasteiger partial charge in [-0.1, -0.05) is 32.9 Å². The minimum Gasteiger partial charge on any atom is -0.495 e. The zero-order valence-corrected chi connectivity index (χ0v) is 17.0. The molecule has 1 aliphatic heterocycles. The van der Waals surface area contributed by atoms with Crippen LogP contribution in [0.5, 0.6) is 5.75 Å². The molecule has 0 spiro atoms. The quantitative estimate of drug-likeness (QED) is 0.832. The van der Waals surface area contributed by atoms with Crippen molar-refractivity contribution >= 4 is 23.2 Å². The number of nitrogens with zero attached hydrogens (tertiary/aromatic N) is 1. The Labute approximate surface area is 166 Å². The van der Waals surface area contributed by atoms with Crippen molar-refractivity contribution in [1.29, 1.82) is 0 Å². The highest BCUT2D eigenvalue weighted by molar-refractivity contribution is 6.05. The van der Waals surface area contributed by atoms with E-state index in [-0.39, 0.29) is 17.2 Å². The Morgan fingerprint density at radius 1 is 1.07 bits per heavy atom. The van der Waals surface area contributed by atoms with Crippen molar-refractivity contribution in [3.05, 3.63) is 53.6 Å². The van der Waals surface area contributed by atoms with Crippen LogP contribution in [0.3, 0.4) is 0 Å². The number of amides is 2. The molecule has 2 aromatic carbocycles. The van der Waals surface area contributed by atoms with E-state index < -0.39 is 0 Å². The maximum atomic E-state index is 12.7. The first-order valence-corrected chi connectivity index (χ1v) is 9.70. The van der Waals surface area contributed by atoms with Gasteiger partial charge in [0, 0.05) is 24.2 Å². The highest BCUT2D eigenvalue weighted by Crippen LogP contribution is 2.33. The second-order valence-electron chi connectivity index (χ2n) is 8.17. The van der Waals surface area contributed by atoms with Gasteiger partial charge >= 0.3 is 0 Å². The number of rotatable bonds is 4. The van der Waals surface area contributed by atoms with Crippen LogP contribution in [0.25, 0.3) is 0 Å². The van der Waals surface area contributed by atoms with Gasteiger partial charge in [0.2, 0.25) is 5.91 Å². The normalized spacial score (nSPS) is 14.7. The highest BCUT2D eigenvalue weighted by Gasteiger charge is 2.23. The molecule has 0 saturated carbocycles. The van der Waals surface area contributed by atoms with Crippen LogP contribution in [0, 0.1) is 0 Å². The highest BCUT2D eigenvalue weighted by atomic mass is 16.5. The summed E-state index contributed by atoms with van der Waals surface area (Å²) < 4.78 is 5.43. The molecule has 0 atom stereocenters. The molecule has 0 radical (unpaired) electrons. The number of carbonyl (C=O) groups excluding carboxylic acids is 2. The molecule has 5 nitrogen and oxygen atoms in total. The lowest BCUT2D eigenvalue weighted by Crippen LogP contribution is -2.35. The fourth-order valence-corrected chi connectivity index (χ4v) is 3.36. The van der Waals surface area contributed by atoms with Crippen molar-refractivity contribution in [3.63, 3.8) is 0 Å². The van der Waals surface area contributed by atoms with Crippen molar-refractivity contribution in [2.45, 2.75) is 45.4 Å². The van der Waals surface area contributed by atoms with Gasteiger partial charge in [0.15, 0.2) is 0 Å². The van der Waals surface area contributed by atoms with Crippen LogP contribution in [0.1, 0.15) is 56.0 Å². The smallest absolute Gasteiger partial charge is 0.255 e. The fraction of sp³-hybridized carbons (Fsp3) is 0.391. The zero-order chi connectivity index (χ0) is 20.3. The summed E-state index contributed by atoms with van der Waals surface area (Å²) in [5.41, 5.74) is 3.16. The van der Waals surface area contributed by atoms with Crippen LogP contribution in [-0.2, 0) is 10.2 Å². The SMILES string of the molecule is COc1ccc(NC(=O)c2ccc(C(C)(C)C)cc2)cc1N1CCCCC1=O. The molecular formula is C23H28N2O3. The summed E-state index contributed by atoms with van der Waals surface area (Å²) in [5.74, 6) is 0.537. The van der Waals surface area contributed by atoms with Gasteiger partial charge in [-0.15, -0.1) is 0 Å². The summed E-state index contributed by atoms with van der Waals surface area (Å²) in [6, 6.07) is 13.0. The average Bonchev–Trinajstić information content (AvgIpc) is 2.68. The van der Waals surface area contributed by atoms with E-state index >= 15 is 0 Å². The Balaban J connectivity index is 1.81. The molecule has 1 N–H and O–H groups in total. The Morgan fingerprint density at radius 3 is 2.39 bits per heavy atom. The predicted octanol–water partition coefficient (Wildman–Crippen LogP) is 4.76. The van der Waals surface area contributed by atoms with Crippen LogP contribution in [0.15, 0.2) is 42.5 Å². The Bertz CT molecular complexity index is 866. The first-order valence-electron chi connectivity index (χ1n) is 9.70. The molecule has 1 saturated heterocycles. The summed E-state index contributed by atoms with van der Waals surface area (Å²) in [6.07, 6.45) is 2.42. The molecule has 5 heteroatoms. The number of benzene rings is 2. The number of anilines is 2. The molecule has 0 unspecified atom stereocenters. The third-order valence-corrected chi connectivity index (χ3v) is 5.06. The Morgan fingerprint density at radius 2 is 1.79 bits per heavy atom. The molecular weight excluding hydrogens is 352 g/mol. The summed E-state index contributed by atoms with van der Waals surface area (Å²) in [4.78, 5) is 26.7. The monoisotopic (exact) mass is 380 g/mol. The van der Waals surface area contributed by atoms with Crippen molar-refractivity contribution in [3.8, 4) is 5.75 Å². The fourth-order valence-electron chi connectivity index (χ4n) is 3.36. The zero-order valence-electron chi connectivity index (χ0n) is 17.0. The molecule has 0 bridgehead atoms. The average molecular weight is 380 g/mol. The van der Waals surface area contributed by atoms with E-state index in [1.54, 1.807) is 24.1 Å². The van der Waals surface area contributed by atoms with Crippen molar-refractivity contribution in [2.24, 2.45) is 0 Å². The van der Waals surface area contributed by atoms with E-state index in [0.717, 1.165) is 12.8 Å². The number of ether oxygens (including phenoxy) is 1. The Kier molecular flexibility index (Phi) is 5.73. The topological polar surface area (TPSA) is 58.6 Å². The summed E-state index contributed by atoms with van der Waals surface area (Å²) >= 11 is 0. The third-order valence-electron chi connectivity index (χ3n) is 5.06. The number of carbonyl (C=O) groups is 2. The number of methoxy groups -OCH3 is 1. The first-order chi connectivity index (χ1) is 13.3. The lowest BCUT2D eigenvalue weighted by Gasteiger charge is -2.28. The molecule has 3 rings (SSSR count). The van der Waals surface area contributed by atoms with Crippen LogP contribution >= 0.6 is 0 Å². The molecule has 2 aromatic rings. The van der Waals surface area contributed by atoms with Crippen LogP contribution < -0.4 is 15.0 Å². The second kappa shape index (κ2) is 8.05. The van der Waals surface area contributed by atoms with Gasteiger partial charge in [0.25, 0.3) is 5.91 Å². The molecule has 0 aromatic heterocycles. The second-order valence-corrected chi connectivity index (χ2v) is 8.17. The maximum Gasteiger partial charge on any atom is 0.255 e. The van der Waals surface area contributed by atoms with Crippen molar-refractivity contribution in [2.75, 3.05) is 23.9 Å². The van der Waals surface area contributed by atoms with Crippen LogP contribution in [-0.4, -0.2) is 25.5 Å². The Hall–Kier alpha value is -2.82. The molecule has 2 amide bonds. The van der Waals surface area contributed by atoms with Gasteiger partial charge in [-0.05, 0) is 54.2 Å². The lowest BCUT2D eigenvalue weighted by molar-refractivity contribution is -0.119. The minimum absolute atomic E-state index is 0.0425. The number of hydrogen-bond acceptors (Lipinski definition) is 3. The van der Waals surface area contributed by atoms with E-state index in [1.807, 2.05) is 30.3 Å². The lowest BCUT2D eigenvalue weighted by atomic mass is 9.87. The van der Waals surface area contributed by atoms with Crippen LogP contribution in [0.2, 0.25) is 0 Å². The van der Waals surface area contributed by atoms with Gasteiger partial charge < -0.3 is 15.0 Å². The van der Waals surface area contributed by atoms with Gasteiger partial charge in [-0.2, -0.15) is 0 Å². The number of piperidine rings is 1. The van der Waals surface area contributed by atoms with Gasteiger partial charge in [-0.25, -0.2) is 0 Å². The molecule has 1 heterocycles. The van der Waals surface area contributed by atoms with E-state index in [1.165, 1.54) is 5.56 Å². The summed E-state index contributed by atoms with van der Waals surface area (Å²) in [6.45, 7) is 7.09. The van der Waals surface area contributed by atoms with E-state index in [9.17, 15) is 9.59 Å². The molecule has 28 heavy (non-hydrogen) atoms. The van der Waals surface area contributed by atoms with Gasteiger partial charge in [-0.3, -0.25) is 9.59 Å². The van der Waals surface area contributed by atoms with E-state index in [2.05, 4.69) is 26.1 Å². The maximum absolute atomic E-state index is 12.7. The van der Waals surface area contributed by atoms with Gasteiger partial charge in [0.1, 0.15) is 5.75 Å². The molecule has 1 fully saturated rings. The summed E-state index contributed by atoms with van der Waals surface area (Å²) in [5, 5.41) is 2.93. The van der Waals surface area contributed by atoms with Crippen molar-refractivity contribution in [1.82, 2.24) is 0 Å². The number of hydrogen-bond donors (Lipinski definition) is 1. The van der Waals surface area contributed by atoms with Crippen LogP contribution in [0.4, 0.5) is 11.4 Å². The standard InChI is InChI=1S/C23H28N2O3/c1-23(2,3)17-10-8-16(9-11-17)22(27)24-18-12-13-20(28-4)19(15-18)25-14-6-5-7-21(25)26/h8-13,15H,5-7,14H2,1-4H3,(H,24,27). The van der Waals surface area contributed by atoms with Gasteiger partial charge in [0.05, 0.1) is 12.8 Å². The molecule has 1 aliphatic rings. The summed E-state index contributed by atoms with van der Waals surface area (Å²) in [7, 11) is 1.59. The first kappa shape index (κ1) is 19.9. The molecule has 148 valence electrons. The molecule has 0 aliphatic carbocycles. The number of nitrogens with one attached hydrogen (secondary N) is 1. The van der Waals surface area contributed by atoms with E-state index in [0.29, 0.717) is 35.7 Å². The predicted molar refractivity (Wildman–Crippen MR) is 112 cm³/mol.